The van der Waals surface area contributed by atoms with E-state index in [1.165, 1.54) is 12.8 Å². The first-order valence-electron chi connectivity index (χ1n) is 9.66. The smallest absolute Gasteiger partial charge is 0.207 e. The lowest BCUT2D eigenvalue weighted by Crippen LogP contribution is -2.42. The van der Waals surface area contributed by atoms with E-state index in [0.29, 0.717) is 8.82 Å². The lowest BCUT2D eigenvalue weighted by Gasteiger charge is -2.30. The summed E-state index contributed by atoms with van der Waals surface area (Å²) in [6, 6.07) is 7.63. The molecule has 0 N–H and O–H groups in total. The second-order valence-corrected chi connectivity index (χ2v) is 10.7. The van der Waals surface area contributed by atoms with Crippen LogP contribution >= 0.6 is 22.6 Å². The van der Waals surface area contributed by atoms with E-state index >= 15 is 0 Å². The Morgan fingerprint density at radius 1 is 1.04 bits per heavy atom. The van der Waals surface area contributed by atoms with E-state index in [0.717, 1.165) is 44.1 Å². The van der Waals surface area contributed by atoms with Crippen LogP contribution in [0.4, 0.5) is 0 Å². The van der Waals surface area contributed by atoms with Gasteiger partial charge in [-0.1, -0.05) is 86.2 Å². The van der Waals surface area contributed by atoms with Gasteiger partial charge in [-0.3, -0.25) is 0 Å². The van der Waals surface area contributed by atoms with E-state index in [1.807, 2.05) is 23.4 Å². The molecular formula is C20H32INO2S. The highest BCUT2D eigenvalue weighted by atomic mass is 127. The van der Waals surface area contributed by atoms with Crippen molar-refractivity contribution in [2.24, 2.45) is 0 Å². The summed E-state index contributed by atoms with van der Waals surface area (Å²) in [4.78, 5) is 0.450. The van der Waals surface area contributed by atoms with Crippen LogP contribution in [0.1, 0.15) is 70.8 Å². The second-order valence-electron chi connectivity index (χ2n) is 7.26. The van der Waals surface area contributed by atoms with Gasteiger partial charge in [0, 0.05) is 16.0 Å². The van der Waals surface area contributed by atoms with Crippen LogP contribution in [-0.2, 0) is 10.0 Å². The van der Waals surface area contributed by atoms with Crippen LogP contribution in [0.15, 0.2) is 29.2 Å². The van der Waals surface area contributed by atoms with E-state index in [4.69, 9.17) is 0 Å². The number of nitrogens with zero attached hydrogens (tertiary/aromatic N) is 1. The molecule has 1 aromatic carbocycles. The Morgan fingerprint density at radius 3 is 2.28 bits per heavy atom. The summed E-state index contributed by atoms with van der Waals surface area (Å²) in [7, 11) is -3.43. The first-order valence-corrected chi connectivity index (χ1v) is 12.3. The molecule has 0 spiro atoms. The molecule has 1 aliphatic rings. The lowest BCUT2D eigenvalue weighted by atomic mass is 10.1. The van der Waals surface area contributed by atoms with Crippen molar-refractivity contribution in [3.63, 3.8) is 0 Å². The van der Waals surface area contributed by atoms with Crippen LogP contribution in [0, 0.1) is 6.92 Å². The topological polar surface area (TPSA) is 37.4 Å². The minimum absolute atomic E-state index is 0.139. The number of alkyl halides is 1. The average Bonchev–Trinajstić information content (AvgIpc) is 2.90. The average molecular weight is 477 g/mol. The quantitative estimate of drug-likeness (QED) is 0.260. The highest BCUT2D eigenvalue weighted by Gasteiger charge is 2.45. The SMILES string of the molecule is CCCCC[C@@H]1[C@@H](I)C[C@H](CCCC)N1S(=O)(=O)c1ccc(C)cc1. The summed E-state index contributed by atoms with van der Waals surface area (Å²) >= 11 is 2.49. The molecule has 0 bridgehead atoms. The van der Waals surface area contributed by atoms with Crippen LogP contribution in [-0.4, -0.2) is 28.7 Å². The van der Waals surface area contributed by atoms with Crippen molar-refractivity contribution in [3.05, 3.63) is 29.8 Å². The van der Waals surface area contributed by atoms with Gasteiger partial charge in [-0.2, -0.15) is 4.31 Å². The van der Waals surface area contributed by atoms with Gasteiger partial charge in [-0.25, -0.2) is 8.42 Å². The zero-order chi connectivity index (χ0) is 18.4. The van der Waals surface area contributed by atoms with E-state index in [-0.39, 0.29) is 12.1 Å². The van der Waals surface area contributed by atoms with Crippen LogP contribution < -0.4 is 0 Å². The monoisotopic (exact) mass is 477 g/mol. The van der Waals surface area contributed by atoms with Crippen molar-refractivity contribution >= 4 is 32.6 Å². The van der Waals surface area contributed by atoms with Crippen molar-refractivity contribution < 1.29 is 8.42 Å². The minimum Gasteiger partial charge on any atom is -0.207 e. The minimum atomic E-state index is -3.43. The fourth-order valence-corrected chi connectivity index (χ4v) is 7.18. The molecule has 1 aliphatic heterocycles. The third-order valence-electron chi connectivity index (χ3n) is 5.19. The van der Waals surface area contributed by atoms with Gasteiger partial charge in [0.2, 0.25) is 10.0 Å². The van der Waals surface area contributed by atoms with Crippen molar-refractivity contribution in [2.75, 3.05) is 0 Å². The Balaban J connectivity index is 2.31. The molecule has 25 heavy (non-hydrogen) atoms. The molecule has 1 heterocycles. The number of halogens is 1. The van der Waals surface area contributed by atoms with Crippen LogP contribution in [0.5, 0.6) is 0 Å². The summed E-state index contributed by atoms with van der Waals surface area (Å²) in [5, 5.41) is 0. The standard InChI is InChI=1S/C20H32INO2S/c1-4-6-8-10-20-19(21)15-17(9-7-5-2)22(20)25(23,24)18-13-11-16(3)12-14-18/h11-14,17,19-20H,4-10,15H2,1-3H3/t17-,19-,20+/m0/s1. The second kappa shape index (κ2) is 9.70. The normalized spacial score (nSPS) is 24.7. The molecule has 0 amide bonds. The number of sulfonamides is 1. The molecule has 0 unspecified atom stereocenters. The zero-order valence-corrected chi connectivity index (χ0v) is 18.7. The van der Waals surface area contributed by atoms with Crippen molar-refractivity contribution in [1.29, 1.82) is 0 Å². The Labute approximate surface area is 167 Å². The summed E-state index contributed by atoms with van der Waals surface area (Å²) < 4.78 is 29.2. The molecule has 5 heteroatoms. The van der Waals surface area contributed by atoms with Crippen LogP contribution in [0.25, 0.3) is 0 Å². The molecule has 0 aromatic heterocycles. The van der Waals surface area contributed by atoms with E-state index in [1.54, 1.807) is 12.1 Å². The van der Waals surface area contributed by atoms with Gasteiger partial charge in [0.15, 0.2) is 0 Å². The summed E-state index contributed by atoms with van der Waals surface area (Å²) in [5.41, 5.74) is 1.09. The molecule has 0 aliphatic carbocycles. The van der Waals surface area contributed by atoms with E-state index in [9.17, 15) is 8.42 Å². The fraction of sp³-hybridized carbons (Fsp3) is 0.700. The molecule has 1 fully saturated rings. The first kappa shape index (κ1) is 21.2. The largest absolute Gasteiger partial charge is 0.243 e. The highest BCUT2D eigenvalue weighted by Crippen LogP contribution is 2.39. The van der Waals surface area contributed by atoms with Crippen molar-refractivity contribution in [2.45, 2.75) is 93.0 Å². The highest BCUT2D eigenvalue weighted by molar-refractivity contribution is 14.1. The van der Waals surface area contributed by atoms with Gasteiger partial charge in [-0.05, 0) is 38.3 Å². The van der Waals surface area contributed by atoms with Gasteiger partial charge < -0.3 is 0 Å². The Hall–Kier alpha value is -0.140. The van der Waals surface area contributed by atoms with E-state index < -0.39 is 10.0 Å². The predicted molar refractivity (Wildman–Crippen MR) is 114 cm³/mol. The van der Waals surface area contributed by atoms with E-state index in [2.05, 4.69) is 36.4 Å². The van der Waals surface area contributed by atoms with Crippen LogP contribution in [0.2, 0.25) is 0 Å². The predicted octanol–water partition coefficient (Wildman–Crippen LogP) is 5.70. The molecule has 1 saturated heterocycles. The fourth-order valence-electron chi connectivity index (χ4n) is 3.75. The lowest BCUT2D eigenvalue weighted by molar-refractivity contribution is 0.292. The number of unbranched alkanes of at least 4 members (excludes halogenated alkanes) is 3. The maximum absolute atomic E-state index is 13.4. The van der Waals surface area contributed by atoms with Crippen molar-refractivity contribution in [3.8, 4) is 0 Å². The van der Waals surface area contributed by atoms with Gasteiger partial charge in [0.05, 0.1) is 4.90 Å². The Morgan fingerprint density at radius 2 is 1.68 bits per heavy atom. The van der Waals surface area contributed by atoms with Gasteiger partial charge in [0.25, 0.3) is 0 Å². The van der Waals surface area contributed by atoms with Gasteiger partial charge in [-0.15, -0.1) is 0 Å². The third kappa shape index (κ3) is 5.19. The maximum atomic E-state index is 13.4. The summed E-state index contributed by atoms with van der Waals surface area (Å²) in [5.74, 6) is 0. The van der Waals surface area contributed by atoms with Crippen molar-refractivity contribution in [1.82, 2.24) is 4.31 Å². The maximum Gasteiger partial charge on any atom is 0.243 e. The Kier molecular flexibility index (Phi) is 8.21. The van der Waals surface area contributed by atoms with Gasteiger partial charge in [0.1, 0.15) is 0 Å². The summed E-state index contributed by atoms with van der Waals surface area (Å²) in [6.45, 7) is 6.36. The molecule has 0 saturated carbocycles. The van der Waals surface area contributed by atoms with Crippen LogP contribution in [0.3, 0.4) is 0 Å². The molecule has 2 rings (SSSR count). The number of hydrogen-bond donors (Lipinski definition) is 0. The molecule has 3 atom stereocenters. The molecule has 0 radical (unpaired) electrons. The molecular weight excluding hydrogens is 445 g/mol. The number of hydrogen-bond acceptors (Lipinski definition) is 2. The van der Waals surface area contributed by atoms with Gasteiger partial charge >= 0.3 is 0 Å². The third-order valence-corrected chi connectivity index (χ3v) is 8.52. The first-order chi connectivity index (χ1) is 11.9. The Bertz CT molecular complexity index is 630. The molecule has 3 nitrogen and oxygen atoms in total. The number of benzene rings is 1. The molecule has 1 aromatic rings. The zero-order valence-electron chi connectivity index (χ0n) is 15.7. The number of aryl methyl sites for hydroxylation is 1. The summed E-state index contributed by atoms with van der Waals surface area (Å²) in [6.07, 6.45) is 8.61. The molecule has 142 valence electrons. The number of rotatable bonds is 9.